The average molecular weight is 489 g/mol. The van der Waals surface area contributed by atoms with Crippen molar-refractivity contribution in [3.63, 3.8) is 0 Å². The number of Topliss-reactive ketones (excluding diaryl/α,β-unsaturated/α-hetero) is 1. The summed E-state index contributed by atoms with van der Waals surface area (Å²) in [4.78, 5) is 25.6. The van der Waals surface area contributed by atoms with Gasteiger partial charge in [0.05, 0.1) is 6.61 Å². The second-order valence-corrected chi connectivity index (χ2v) is 10.7. The molecule has 1 N–H and O–H groups in total. The van der Waals surface area contributed by atoms with Crippen molar-refractivity contribution in [2.24, 2.45) is 17.3 Å². The van der Waals surface area contributed by atoms with Crippen LogP contribution >= 0.6 is 0 Å². The van der Waals surface area contributed by atoms with Crippen molar-refractivity contribution < 1.29 is 24.2 Å². The number of aliphatic hydroxyl groups excluding tert-OH is 1. The molecule has 0 bridgehead atoms. The van der Waals surface area contributed by atoms with Gasteiger partial charge in [0.1, 0.15) is 12.4 Å². The minimum atomic E-state index is -0.788. The van der Waals surface area contributed by atoms with Gasteiger partial charge in [0.2, 0.25) is 5.76 Å². The van der Waals surface area contributed by atoms with Gasteiger partial charge in [-0.05, 0) is 91.5 Å². The summed E-state index contributed by atoms with van der Waals surface area (Å²) in [6, 6.07) is 14.8. The average Bonchev–Trinajstić information content (AvgIpc) is 3.17. The number of carbonyl (C=O) groups excluding carboxylic acids is 2. The molecule has 3 unspecified atom stereocenters. The first-order valence-corrected chi connectivity index (χ1v) is 13.3. The van der Waals surface area contributed by atoms with Gasteiger partial charge in [-0.3, -0.25) is 4.79 Å². The normalized spacial score (nSPS) is 28.1. The van der Waals surface area contributed by atoms with Crippen molar-refractivity contribution >= 4 is 11.8 Å². The molecule has 5 rings (SSSR count). The van der Waals surface area contributed by atoms with E-state index in [9.17, 15) is 14.7 Å². The second-order valence-electron chi connectivity index (χ2n) is 10.7. The van der Waals surface area contributed by atoms with Gasteiger partial charge >= 0.3 is 5.97 Å². The Morgan fingerprint density at radius 2 is 1.92 bits per heavy atom. The Morgan fingerprint density at radius 3 is 2.64 bits per heavy atom. The predicted molar refractivity (Wildman–Crippen MR) is 138 cm³/mol. The molecule has 0 spiro atoms. The Balaban J connectivity index is 1.42. The van der Waals surface area contributed by atoms with Crippen LogP contribution in [0, 0.1) is 17.3 Å². The van der Waals surface area contributed by atoms with Crippen molar-refractivity contribution in [3.8, 4) is 5.75 Å². The van der Waals surface area contributed by atoms with Gasteiger partial charge in [0, 0.05) is 11.0 Å². The van der Waals surface area contributed by atoms with Crippen LogP contribution in [0.3, 0.4) is 0 Å². The van der Waals surface area contributed by atoms with E-state index in [1.54, 1.807) is 6.92 Å². The summed E-state index contributed by atoms with van der Waals surface area (Å²) in [7, 11) is 0. The first-order valence-electron chi connectivity index (χ1n) is 13.3. The molecule has 0 radical (unpaired) electrons. The molecule has 3 aliphatic carbocycles. The molecule has 0 aromatic heterocycles. The zero-order valence-corrected chi connectivity index (χ0v) is 21.5. The lowest BCUT2D eigenvalue weighted by Gasteiger charge is -2.48. The zero-order chi connectivity index (χ0) is 25.4. The fraction of sp³-hybridized carbons (Fsp3) is 0.484. The number of carbonyl (C=O) groups is 2. The maximum atomic E-state index is 13.4. The van der Waals surface area contributed by atoms with E-state index < -0.39 is 17.1 Å². The van der Waals surface area contributed by atoms with Crippen LogP contribution in [0.5, 0.6) is 5.75 Å². The number of esters is 1. The van der Waals surface area contributed by atoms with Crippen LogP contribution in [0.2, 0.25) is 0 Å². The van der Waals surface area contributed by atoms with Crippen LogP contribution < -0.4 is 4.74 Å². The lowest BCUT2D eigenvalue weighted by Crippen LogP contribution is -2.42. The number of fused-ring (bicyclic) bond motifs is 5. The monoisotopic (exact) mass is 488 g/mol. The Kier molecular flexibility index (Phi) is 6.67. The predicted octanol–water partition coefficient (Wildman–Crippen LogP) is 6.24. The van der Waals surface area contributed by atoms with Gasteiger partial charge in [-0.2, -0.15) is 0 Å². The molecule has 2 aromatic carbocycles. The molecule has 3 aliphatic rings. The maximum absolute atomic E-state index is 13.4. The molecule has 2 fully saturated rings. The van der Waals surface area contributed by atoms with Crippen LogP contribution in [-0.2, 0) is 33.8 Å². The van der Waals surface area contributed by atoms with Crippen molar-refractivity contribution in [2.45, 2.75) is 71.8 Å². The molecule has 0 saturated heterocycles. The summed E-state index contributed by atoms with van der Waals surface area (Å²) in [6.07, 6.45) is 5.01. The van der Waals surface area contributed by atoms with Gasteiger partial charge in [0.25, 0.3) is 0 Å². The minimum absolute atomic E-state index is 0.0683. The molecule has 0 amide bonds. The summed E-state index contributed by atoms with van der Waals surface area (Å²) < 4.78 is 11.3. The van der Waals surface area contributed by atoms with Crippen LogP contribution in [0.15, 0.2) is 53.8 Å². The maximum Gasteiger partial charge on any atom is 0.373 e. The quantitative estimate of drug-likeness (QED) is 0.296. The Labute approximate surface area is 213 Å². The molecular weight excluding hydrogens is 452 g/mol. The number of ether oxygens (including phenoxy) is 2. The number of aryl methyl sites for hydroxylation is 2. The highest BCUT2D eigenvalue weighted by Crippen LogP contribution is 2.61. The molecule has 2 aromatic rings. The zero-order valence-electron chi connectivity index (χ0n) is 21.5. The molecule has 0 aliphatic heterocycles. The van der Waals surface area contributed by atoms with Crippen molar-refractivity contribution in [2.75, 3.05) is 6.61 Å². The molecule has 5 heteroatoms. The molecule has 5 nitrogen and oxygen atoms in total. The number of benzene rings is 2. The third-order valence-electron chi connectivity index (χ3n) is 8.89. The number of aliphatic hydroxyl groups is 1. The lowest BCUT2D eigenvalue weighted by atomic mass is 9.55. The largest absolute Gasteiger partial charge is 0.502 e. The SMILES string of the molecule is CCOC(=O)/C(O)=C1\CC2C3CCc4cc(OCc5ccccc5)c(CC)cc4C3CC[C@]2(C)C1=O. The van der Waals surface area contributed by atoms with E-state index >= 15 is 0 Å². The van der Waals surface area contributed by atoms with Gasteiger partial charge in [-0.15, -0.1) is 0 Å². The molecule has 36 heavy (non-hydrogen) atoms. The number of allylic oxidation sites excluding steroid dienone is 1. The summed E-state index contributed by atoms with van der Waals surface area (Å²) in [5, 5.41) is 10.5. The van der Waals surface area contributed by atoms with Crippen LogP contribution in [0.4, 0.5) is 0 Å². The van der Waals surface area contributed by atoms with Crippen molar-refractivity contribution in [3.05, 3.63) is 76.1 Å². The highest BCUT2D eigenvalue weighted by Gasteiger charge is 2.57. The Bertz CT molecular complexity index is 1200. The molecule has 190 valence electrons. The smallest absolute Gasteiger partial charge is 0.373 e. The van der Waals surface area contributed by atoms with Crippen LogP contribution in [0.1, 0.15) is 74.6 Å². The van der Waals surface area contributed by atoms with Crippen molar-refractivity contribution in [1.29, 1.82) is 0 Å². The van der Waals surface area contributed by atoms with E-state index in [2.05, 4.69) is 31.2 Å². The highest BCUT2D eigenvalue weighted by atomic mass is 16.5. The van der Waals surface area contributed by atoms with Gasteiger partial charge < -0.3 is 14.6 Å². The van der Waals surface area contributed by atoms with Gasteiger partial charge in [-0.1, -0.05) is 50.2 Å². The summed E-state index contributed by atoms with van der Waals surface area (Å²) in [5.74, 6) is 0.497. The molecule has 2 saturated carbocycles. The summed E-state index contributed by atoms with van der Waals surface area (Å²) in [6.45, 7) is 6.62. The van der Waals surface area contributed by atoms with Crippen LogP contribution in [-0.4, -0.2) is 23.5 Å². The standard InChI is InChI=1S/C31H36O5/c1-4-20-15-24-21(16-27(20)36-18-19-9-7-6-8-10-19)11-12-23-22(24)13-14-31(3)26(23)17-25(29(31)33)28(32)30(34)35-5-2/h6-10,15-16,22-23,26,32H,4-5,11-14,17-18H2,1-3H3/b28-25-/t22?,23?,26?,31-/m0/s1. The first-order chi connectivity index (χ1) is 17.4. The number of ketones is 1. The fourth-order valence-corrected chi connectivity index (χ4v) is 6.95. The number of rotatable bonds is 6. The molecule has 0 heterocycles. The lowest BCUT2D eigenvalue weighted by molar-refractivity contribution is -0.142. The van der Waals surface area contributed by atoms with Crippen LogP contribution in [0.25, 0.3) is 0 Å². The number of hydrogen-bond acceptors (Lipinski definition) is 5. The Hall–Kier alpha value is -3.08. The summed E-state index contributed by atoms with van der Waals surface area (Å²) >= 11 is 0. The van der Waals surface area contributed by atoms with Crippen molar-refractivity contribution in [1.82, 2.24) is 0 Å². The van der Waals surface area contributed by atoms with E-state index in [0.29, 0.717) is 24.9 Å². The van der Waals surface area contributed by atoms with E-state index in [4.69, 9.17) is 9.47 Å². The van der Waals surface area contributed by atoms with E-state index in [1.165, 1.54) is 16.7 Å². The van der Waals surface area contributed by atoms with E-state index in [-0.39, 0.29) is 23.9 Å². The van der Waals surface area contributed by atoms with Gasteiger partial charge in [0.15, 0.2) is 5.78 Å². The fourth-order valence-electron chi connectivity index (χ4n) is 6.95. The van der Waals surface area contributed by atoms with E-state index in [0.717, 1.165) is 43.4 Å². The number of hydrogen-bond donors (Lipinski definition) is 1. The third kappa shape index (κ3) is 4.12. The molecule has 4 atom stereocenters. The first kappa shape index (κ1) is 24.6. The molecular formula is C31H36O5. The van der Waals surface area contributed by atoms with E-state index in [1.807, 2.05) is 25.1 Å². The summed E-state index contributed by atoms with van der Waals surface area (Å²) in [5.41, 5.74) is 4.88. The second kappa shape index (κ2) is 9.76. The topological polar surface area (TPSA) is 72.8 Å². The Morgan fingerprint density at radius 1 is 1.14 bits per heavy atom. The highest BCUT2D eigenvalue weighted by molar-refractivity contribution is 6.07. The third-order valence-corrected chi connectivity index (χ3v) is 8.89. The minimum Gasteiger partial charge on any atom is -0.502 e. The van der Waals surface area contributed by atoms with Gasteiger partial charge in [-0.25, -0.2) is 4.79 Å².